The van der Waals surface area contributed by atoms with E-state index in [1.807, 2.05) is 0 Å². The molecule has 2 aromatic rings. The van der Waals surface area contributed by atoms with Crippen LogP contribution in [0.2, 0.25) is 6.32 Å². The van der Waals surface area contributed by atoms with Gasteiger partial charge in [0.25, 0.3) is 0 Å². The zero-order valence-electron chi connectivity index (χ0n) is 9.94. The van der Waals surface area contributed by atoms with Gasteiger partial charge in [0.1, 0.15) is 11.6 Å². The molecule has 90 valence electrons. The fourth-order valence-electron chi connectivity index (χ4n) is 2.10. The van der Waals surface area contributed by atoms with Crippen molar-refractivity contribution in [2.24, 2.45) is 0 Å². The van der Waals surface area contributed by atoms with Gasteiger partial charge in [-0.25, -0.2) is 8.78 Å². The van der Waals surface area contributed by atoms with Crippen LogP contribution >= 0.6 is 0 Å². The van der Waals surface area contributed by atoms with Gasteiger partial charge in [-0.2, -0.15) is 0 Å². The second kappa shape index (κ2) is 5.63. The molecule has 0 unspecified atom stereocenters. The Bertz CT molecular complexity index is 506. The van der Waals surface area contributed by atoms with E-state index in [1.54, 1.807) is 42.5 Å². The topological polar surface area (TPSA) is 0 Å². The molecule has 0 bridgehead atoms. The molecule has 0 heterocycles. The third-order valence-electron chi connectivity index (χ3n) is 2.96. The van der Waals surface area contributed by atoms with Gasteiger partial charge in [-0.1, -0.05) is 42.5 Å². The normalized spacial score (nSPS) is 10.1. The minimum absolute atomic E-state index is 0.312. The molecule has 0 N–H and O–H groups in total. The Labute approximate surface area is 106 Å². The van der Waals surface area contributed by atoms with Crippen LogP contribution in [-0.2, 0) is 0 Å². The van der Waals surface area contributed by atoms with E-state index < -0.39 is 0 Å². The molecular formula is C15H13BF2. The first-order chi connectivity index (χ1) is 8.74. The Morgan fingerprint density at radius 1 is 0.889 bits per heavy atom. The summed E-state index contributed by atoms with van der Waals surface area (Å²) in [5, 5.41) is 0. The zero-order chi connectivity index (χ0) is 13.0. The third kappa shape index (κ3) is 2.50. The maximum atomic E-state index is 13.8. The van der Waals surface area contributed by atoms with E-state index in [0.717, 1.165) is 0 Å². The molecule has 18 heavy (non-hydrogen) atoms. The Hall–Kier alpha value is -1.90. The third-order valence-corrected chi connectivity index (χ3v) is 2.96. The molecule has 0 radical (unpaired) electrons. The van der Waals surface area contributed by atoms with E-state index in [-0.39, 0.29) is 18.3 Å². The lowest BCUT2D eigenvalue weighted by molar-refractivity contribution is 0.633. The first kappa shape index (κ1) is 12.6. The van der Waals surface area contributed by atoms with Gasteiger partial charge in [0.2, 0.25) is 6.71 Å². The van der Waals surface area contributed by atoms with Crippen LogP contribution < -0.4 is 10.9 Å². The van der Waals surface area contributed by atoms with Crippen molar-refractivity contribution >= 4 is 17.6 Å². The van der Waals surface area contributed by atoms with Crippen molar-refractivity contribution in [2.45, 2.75) is 6.32 Å². The summed E-state index contributed by atoms with van der Waals surface area (Å²) in [4.78, 5) is 0. The molecule has 0 aliphatic rings. The summed E-state index contributed by atoms with van der Waals surface area (Å²) in [5.74, 6) is -0.625. The minimum atomic E-state index is -0.329. The van der Waals surface area contributed by atoms with E-state index in [0.29, 0.717) is 17.2 Å². The average Bonchev–Trinajstić information content (AvgIpc) is 2.38. The summed E-state index contributed by atoms with van der Waals surface area (Å²) >= 11 is 0. The van der Waals surface area contributed by atoms with Crippen molar-refractivity contribution in [3.63, 3.8) is 0 Å². The summed E-state index contributed by atoms with van der Waals surface area (Å²) in [6.07, 6.45) is 2.19. The van der Waals surface area contributed by atoms with Gasteiger partial charge in [-0.05, 0) is 29.4 Å². The summed E-state index contributed by atoms with van der Waals surface area (Å²) in [6, 6.07) is 12.9. The lowest BCUT2D eigenvalue weighted by Crippen LogP contribution is -2.44. The molecule has 0 aromatic heterocycles. The number of hydrogen-bond donors (Lipinski definition) is 0. The van der Waals surface area contributed by atoms with Crippen molar-refractivity contribution in [3.05, 3.63) is 72.8 Å². The standard InChI is InChI=1S/C15H13BF2/c1-2-11-16(12-7-3-5-9-14(12)17)13-8-4-6-10-15(13)18/h2-10H,1,11H2. The average molecular weight is 242 g/mol. The highest BCUT2D eigenvalue weighted by Crippen LogP contribution is 2.04. The van der Waals surface area contributed by atoms with Crippen molar-refractivity contribution in [2.75, 3.05) is 0 Å². The van der Waals surface area contributed by atoms with Crippen LogP contribution in [0.15, 0.2) is 61.2 Å². The molecule has 2 rings (SSSR count). The smallest absolute Gasteiger partial charge is 0.208 e. The van der Waals surface area contributed by atoms with E-state index >= 15 is 0 Å². The Kier molecular flexibility index (Phi) is 3.93. The minimum Gasteiger partial charge on any atom is -0.208 e. The number of halogens is 2. The first-order valence-electron chi connectivity index (χ1n) is 5.83. The number of allylic oxidation sites excluding steroid dienone is 1. The van der Waals surface area contributed by atoms with Gasteiger partial charge < -0.3 is 0 Å². The number of rotatable bonds is 4. The molecule has 0 amide bonds. The van der Waals surface area contributed by atoms with Crippen LogP contribution in [0.3, 0.4) is 0 Å². The largest absolute Gasteiger partial charge is 0.220 e. The highest BCUT2D eigenvalue weighted by atomic mass is 19.1. The van der Waals surface area contributed by atoms with Gasteiger partial charge >= 0.3 is 0 Å². The molecular weight excluding hydrogens is 229 g/mol. The summed E-state index contributed by atoms with van der Waals surface area (Å²) < 4.78 is 27.6. The molecule has 0 fully saturated rings. The first-order valence-corrected chi connectivity index (χ1v) is 5.83. The summed E-state index contributed by atoms with van der Waals surface area (Å²) in [5.41, 5.74) is 1.00. The van der Waals surface area contributed by atoms with Crippen LogP contribution in [0.4, 0.5) is 8.78 Å². The predicted octanol–water partition coefficient (Wildman–Crippen LogP) is 2.76. The van der Waals surface area contributed by atoms with Crippen molar-refractivity contribution in [3.8, 4) is 0 Å². The maximum Gasteiger partial charge on any atom is 0.220 e. The molecule has 0 aliphatic heterocycles. The molecule has 0 spiro atoms. The monoisotopic (exact) mass is 242 g/mol. The molecule has 0 saturated carbocycles. The Balaban J connectivity index is 2.50. The lowest BCUT2D eigenvalue weighted by atomic mass is 9.38. The second-order valence-corrected chi connectivity index (χ2v) is 4.12. The summed E-state index contributed by atoms with van der Waals surface area (Å²) in [7, 11) is 0. The maximum absolute atomic E-state index is 13.8. The number of hydrogen-bond acceptors (Lipinski definition) is 0. The predicted molar refractivity (Wildman–Crippen MR) is 72.8 cm³/mol. The SMILES string of the molecule is C=CCB(c1ccccc1F)c1ccccc1F. The van der Waals surface area contributed by atoms with E-state index in [9.17, 15) is 8.78 Å². The van der Waals surface area contributed by atoms with Crippen molar-refractivity contribution in [1.82, 2.24) is 0 Å². The molecule has 0 atom stereocenters. The molecule has 0 saturated heterocycles. The van der Waals surface area contributed by atoms with Crippen LogP contribution in [0.1, 0.15) is 0 Å². The second-order valence-electron chi connectivity index (χ2n) is 4.12. The number of benzene rings is 2. The van der Waals surface area contributed by atoms with Gasteiger partial charge in [0.15, 0.2) is 0 Å². The summed E-state index contributed by atoms with van der Waals surface area (Å²) in [6.45, 7) is 3.34. The van der Waals surface area contributed by atoms with Crippen LogP contribution in [0.25, 0.3) is 0 Å². The molecule has 2 aromatic carbocycles. The fraction of sp³-hybridized carbons (Fsp3) is 0.0667. The van der Waals surface area contributed by atoms with Crippen LogP contribution in [-0.4, -0.2) is 6.71 Å². The Morgan fingerprint density at radius 3 is 1.72 bits per heavy atom. The van der Waals surface area contributed by atoms with Gasteiger partial charge in [-0.3, -0.25) is 0 Å². The lowest BCUT2D eigenvalue weighted by Gasteiger charge is -2.14. The van der Waals surface area contributed by atoms with Gasteiger partial charge in [0.05, 0.1) is 0 Å². The quantitative estimate of drug-likeness (QED) is 0.571. The Morgan fingerprint density at radius 2 is 1.33 bits per heavy atom. The fourth-order valence-corrected chi connectivity index (χ4v) is 2.10. The van der Waals surface area contributed by atoms with Gasteiger partial charge in [0, 0.05) is 0 Å². The van der Waals surface area contributed by atoms with Crippen LogP contribution in [0.5, 0.6) is 0 Å². The van der Waals surface area contributed by atoms with Crippen LogP contribution in [0, 0.1) is 11.6 Å². The van der Waals surface area contributed by atoms with E-state index in [1.165, 1.54) is 12.1 Å². The highest BCUT2D eigenvalue weighted by molar-refractivity contribution is 6.85. The molecule has 0 nitrogen and oxygen atoms in total. The zero-order valence-corrected chi connectivity index (χ0v) is 9.94. The van der Waals surface area contributed by atoms with E-state index in [2.05, 4.69) is 6.58 Å². The molecule has 0 aliphatic carbocycles. The van der Waals surface area contributed by atoms with Crippen molar-refractivity contribution < 1.29 is 8.78 Å². The van der Waals surface area contributed by atoms with Gasteiger partial charge in [-0.15, -0.1) is 6.58 Å². The molecule has 3 heteroatoms. The van der Waals surface area contributed by atoms with Crippen molar-refractivity contribution in [1.29, 1.82) is 0 Å². The highest BCUT2D eigenvalue weighted by Gasteiger charge is 2.23. The van der Waals surface area contributed by atoms with E-state index in [4.69, 9.17) is 0 Å².